The largest absolute Gasteiger partial charge is 0.336 e. The van der Waals surface area contributed by atoms with Crippen LogP contribution < -0.4 is 5.32 Å². The Hall–Kier alpha value is -0.710. The van der Waals surface area contributed by atoms with E-state index < -0.39 is 10.4 Å². The molecule has 1 aliphatic rings. The van der Waals surface area contributed by atoms with E-state index in [1.54, 1.807) is 0 Å². The fraction of sp³-hybridized carbons (Fsp3) is 0.333. The van der Waals surface area contributed by atoms with Gasteiger partial charge in [0.2, 0.25) is 0 Å². The Labute approximate surface area is 50.1 Å². The van der Waals surface area contributed by atoms with E-state index in [-0.39, 0.29) is 0 Å². The molecule has 1 rings (SSSR count). The minimum Gasteiger partial charge on any atom is -0.320 e. The van der Waals surface area contributed by atoms with Crippen LogP contribution in [0.4, 0.5) is 0 Å². The van der Waals surface area contributed by atoms with Gasteiger partial charge in [-0.15, -0.1) is 0 Å². The summed E-state index contributed by atoms with van der Waals surface area (Å²) >= 11 is 1.03. The molecule has 1 N–H and O–H groups in total. The summed E-state index contributed by atoms with van der Waals surface area (Å²) in [6.45, 7) is 0. The van der Waals surface area contributed by atoms with Crippen LogP contribution in [0, 0.1) is 15.5 Å². The SMILES string of the molecule is O=[N+]([O-])C1NC=[C]S1. The van der Waals surface area contributed by atoms with Gasteiger partial charge in [-0.3, -0.25) is 10.1 Å². The Kier molecular flexibility index (Phi) is 1.38. The molecular weight excluding hydrogens is 128 g/mol. The van der Waals surface area contributed by atoms with Crippen molar-refractivity contribution in [3.05, 3.63) is 21.7 Å². The minimum absolute atomic E-state index is 0.402. The van der Waals surface area contributed by atoms with Gasteiger partial charge in [0.05, 0.1) is 4.92 Å². The lowest BCUT2D eigenvalue weighted by Gasteiger charge is -1.96. The first kappa shape index (κ1) is 5.43. The molecule has 1 atom stereocenters. The molecule has 1 heterocycles. The van der Waals surface area contributed by atoms with Gasteiger partial charge in [-0.1, -0.05) is 0 Å². The number of hydrogen-bond acceptors (Lipinski definition) is 4. The highest BCUT2D eigenvalue weighted by Crippen LogP contribution is 2.13. The van der Waals surface area contributed by atoms with E-state index in [1.165, 1.54) is 6.20 Å². The fourth-order valence-corrected chi connectivity index (χ4v) is 0.829. The van der Waals surface area contributed by atoms with Gasteiger partial charge in [0.1, 0.15) is 0 Å². The Morgan fingerprint density at radius 2 is 2.75 bits per heavy atom. The molecule has 0 aliphatic carbocycles. The molecule has 0 saturated heterocycles. The smallest absolute Gasteiger partial charge is 0.320 e. The summed E-state index contributed by atoms with van der Waals surface area (Å²) < 4.78 is 0. The van der Waals surface area contributed by atoms with Gasteiger partial charge >= 0.3 is 5.50 Å². The van der Waals surface area contributed by atoms with E-state index in [1.807, 2.05) is 0 Å². The summed E-state index contributed by atoms with van der Waals surface area (Å²) in [5, 5.41) is 14.9. The molecule has 43 valence electrons. The van der Waals surface area contributed by atoms with Crippen molar-refractivity contribution in [3.63, 3.8) is 0 Å². The molecule has 0 bridgehead atoms. The van der Waals surface area contributed by atoms with Crippen LogP contribution in [0.15, 0.2) is 6.20 Å². The van der Waals surface area contributed by atoms with Crippen molar-refractivity contribution in [2.75, 3.05) is 0 Å². The van der Waals surface area contributed by atoms with Crippen molar-refractivity contribution in [2.24, 2.45) is 0 Å². The lowest BCUT2D eigenvalue weighted by molar-refractivity contribution is -0.498. The lowest BCUT2D eigenvalue weighted by Crippen LogP contribution is -2.25. The van der Waals surface area contributed by atoms with Crippen molar-refractivity contribution >= 4 is 11.8 Å². The molecule has 4 nitrogen and oxygen atoms in total. The molecule has 0 aromatic heterocycles. The lowest BCUT2D eigenvalue weighted by atomic mass is 10.9. The summed E-state index contributed by atoms with van der Waals surface area (Å²) in [4.78, 5) is 9.46. The summed E-state index contributed by atoms with van der Waals surface area (Å²) in [6, 6.07) is 0. The zero-order chi connectivity index (χ0) is 5.98. The molecule has 8 heavy (non-hydrogen) atoms. The third-order valence-electron chi connectivity index (χ3n) is 0.656. The fourth-order valence-electron chi connectivity index (χ4n) is 0.342. The van der Waals surface area contributed by atoms with E-state index in [9.17, 15) is 10.1 Å². The normalized spacial score (nSPS) is 25.2. The molecule has 0 spiro atoms. The average Bonchev–Trinajstić information content (AvgIpc) is 2.12. The summed E-state index contributed by atoms with van der Waals surface area (Å²) in [7, 11) is 0. The number of nitrogens with one attached hydrogen (secondary N) is 1. The Morgan fingerprint density at radius 1 is 2.00 bits per heavy atom. The molecule has 0 fully saturated rings. The van der Waals surface area contributed by atoms with Crippen molar-refractivity contribution in [1.82, 2.24) is 5.32 Å². The van der Waals surface area contributed by atoms with Gasteiger partial charge in [0.15, 0.2) is 0 Å². The average molecular weight is 131 g/mol. The van der Waals surface area contributed by atoms with Crippen LogP contribution >= 0.6 is 11.8 Å². The van der Waals surface area contributed by atoms with E-state index in [4.69, 9.17) is 0 Å². The summed E-state index contributed by atoms with van der Waals surface area (Å²) in [6.07, 6.45) is 1.44. The predicted molar refractivity (Wildman–Crippen MR) is 29.3 cm³/mol. The van der Waals surface area contributed by atoms with E-state index in [0.717, 1.165) is 11.8 Å². The van der Waals surface area contributed by atoms with Gasteiger partial charge in [-0.05, 0) is 11.8 Å². The second-order valence-electron chi connectivity index (χ2n) is 1.18. The minimum atomic E-state index is -0.713. The Morgan fingerprint density at radius 3 is 3.00 bits per heavy atom. The first-order valence-corrected chi connectivity index (χ1v) is 2.81. The predicted octanol–water partition coefficient (Wildman–Crippen LogP) is 0.157. The molecule has 0 aromatic rings. The first-order chi connectivity index (χ1) is 3.80. The summed E-state index contributed by atoms with van der Waals surface area (Å²) in [5.41, 5.74) is -0.713. The third kappa shape index (κ3) is 0.919. The van der Waals surface area contributed by atoms with Crippen LogP contribution in [0.1, 0.15) is 0 Å². The Bertz CT molecular complexity index is 127. The number of rotatable bonds is 1. The van der Waals surface area contributed by atoms with Gasteiger partial charge in [-0.2, -0.15) is 0 Å². The number of nitro groups is 1. The van der Waals surface area contributed by atoms with Crippen LogP contribution in [-0.4, -0.2) is 10.4 Å². The highest BCUT2D eigenvalue weighted by molar-refractivity contribution is 8.01. The van der Waals surface area contributed by atoms with Gasteiger partial charge in [0, 0.05) is 11.6 Å². The van der Waals surface area contributed by atoms with E-state index in [0.29, 0.717) is 0 Å². The second kappa shape index (κ2) is 2.04. The quantitative estimate of drug-likeness (QED) is 0.406. The maximum absolute atomic E-state index is 9.86. The zero-order valence-corrected chi connectivity index (χ0v) is 4.64. The van der Waals surface area contributed by atoms with E-state index >= 15 is 0 Å². The topological polar surface area (TPSA) is 55.2 Å². The van der Waals surface area contributed by atoms with Gasteiger partial charge < -0.3 is 5.32 Å². The molecule has 1 unspecified atom stereocenters. The Balaban J connectivity index is 2.41. The van der Waals surface area contributed by atoms with Crippen LogP contribution in [0.5, 0.6) is 0 Å². The summed E-state index contributed by atoms with van der Waals surface area (Å²) in [5.74, 6) is 0. The molecule has 1 radical (unpaired) electrons. The molecular formula is C3H3N2O2S. The molecule has 5 heteroatoms. The van der Waals surface area contributed by atoms with Crippen molar-refractivity contribution < 1.29 is 4.92 Å². The maximum Gasteiger partial charge on any atom is 0.336 e. The zero-order valence-electron chi connectivity index (χ0n) is 3.83. The first-order valence-electron chi connectivity index (χ1n) is 1.93. The molecule has 1 aliphatic heterocycles. The molecule has 0 aromatic carbocycles. The highest BCUT2D eigenvalue weighted by atomic mass is 32.2. The van der Waals surface area contributed by atoms with Crippen LogP contribution in [0.3, 0.4) is 0 Å². The maximum atomic E-state index is 9.86. The number of hydrogen-bond donors (Lipinski definition) is 1. The van der Waals surface area contributed by atoms with Crippen LogP contribution in [-0.2, 0) is 0 Å². The van der Waals surface area contributed by atoms with Gasteiger partial charge in [-0.25, -0.2) is 0 Å². The highest BCUT2D eigenvalue weighted by Gasteiger charge is 2.20. The van der Waals surface area contributed by atoms with Crippen molar-refractivity contribution in [1.29, 1.82) is 0 Å². The molecule has 0 amide bonds. The van der Waals surface area contributed by atoms with Crippen molar-refractivity contribution in [3.8, 4) is 0 Å². The third-order valence-corrected chi connectivity index (χ3v) is 1.44. The van der Waals surface area contributed by atoms with E-state index in [2.05, 4.69) is 10.7 Å². The van der Waals surface area contributed by atoms with Crippen molar-refractivity contribution in [2.45, 2.75) is 5.50 Å². The molecule has 0 saturated carbocycles. The van der Waals surface area contributed by atoms with Crippen LogP contribution in [0.2, 0.25) is 0 Å². The number of nitrogens with zero attached hydrogens (tertiary/aromatic N) is 1. The van der Waals surface area contributed by atoms with Gasteiger partial charge in [0.25, 0.3) is 0 Å². The monoisotopic (exact) mass is 131 g/mol. The standard InChI is InChI=1S/C3H3N2O2S/c6-5(7)3-4-1-2-8-3/h1,3-4H. The van der Waals surface area contributed by atoms with Crippen LogP contribution in [0.25, 0.3) is 0 Å². The second-order valence-corrected chi connectivity index (χ2v) is 2.10. The number of thioether (sulfide) groups is 1.